The molecular weight excluding hydrogens is 420 g/mol. The lowest BCUT2D eigenvalue weighted by Crippen LogP contribution is -2.49. The van der Waals surface area contributed by atoms with E-state index in [0.29, 0.717) is 23.1 Å². The van der Waals surface area contributed by atoms with Gasteiger partial charge in [-0.25, -0.2) is 0 Å². The first-order valence-corrected chi connectivity index (χ1v) is 11.4. The Morgan fingerprint density at radius 1 is 1.03 bits per heavy atom. The Labute approximate surface area is 188 Å². The molecule has 0 spiro atoms. The fraction of sp³-hybridized carbons (Fsp3) is 0.391. The van der Waals surface area contributed by atoms with Crippen molar-refractivity contribution in [1.82, 2.24) is 10.2 Å². The molecule has 2 aromatic rings. The number of ether oxygens (including phenoxy) is 1. The molecule has 0 aliphatic rings. The molecule has 1 N–H and O–H groups in total. The maximum atomic E-state index is 13.0. The molecule has 2 amide bonds. The molecule has 2 aromatic carbocycles. The molecule has 0 radical (unpaired) electrons. The first-order valence-electron chi connectivity index (χ1n) is 9.85. The van der Waals surface area contributed by atoms with Crippen LogP contribution in [0.3, 0.4) is 0 Å². The van der Waals surface area contributed by atoms with Crippen molar-refractivity contribution in [2.24, 2.45) is 0 Å². The number of nitrogens with zero attached hydrogens (tertiary/aromatic N) is 1. The minimum absolute atomic E-state index is 0.0110. The fourth-order valence-corrected chi connectivity index (χ4v) is 3.83. The summed E-state index contributed by atoms with van der Waals surface area (Å²) in [6, 6.07) is 14.6. The van der Waals surface area contributed by atoms with Gasteiger partial charge in [-0.15, -0.1) is 11.8 Å². The van der Waals surface area contributed by atoms with E-state index < -0.39 is 6.04 Å². The Morgan fingerprint density at radius 2 is 1.63 bits per heavy atom. The van der Waals surface area contributed by atoms with E-state index in [2.05, 4.69) is 5.32 Å². The van der Waals surface area contributed by atoms with Crippen LogP contribution in [0.1, 0.15) is 31.9 Å². The Morgan fingerprint density at radius 3 is 2.20 bits per heavy atom. The summed E-state index contributed by atoms with van der Waals surface area (Å²) in [4.78, 5) is 27.2. The molecule has 0 bridgehead atoms. The molecule has 0 aliphatic carbocycles. The number of carbonyl (C=O) groups is 2. The van der Waals surface area contributed by atoms with Crippen molar-refractivity contribution in [2.45, 2.75) is 45.2 Å². The fourth-order valence-electron chi connectivity index (χ4n) is 2.84. The lowest BCUT2D eigenvalue weighted by Gasteiger charge is -2.29. The number of carbonyl (C=O) groups excluding carboxylic acids is 2. The van der Waals surface area contributed by atoms with Crippen LogP contribution in [-0.2, 0) is 21.9 Å². The first-order chi connectivity index (χ1) is 14.3. The van der Waals surface area contributed by atoms with Gasteiger partial charge < -0.3 is 15.0 Å². The number of nitrogens with one attached hydrogen (secondary N) is 1. The van der Waals surface area contributed by atoms with Crippen molar-refractivity contribution in [3.63, 3.8) is 0 Å². The summed E-state index contributed by atoms with van der Waals surface area (Å²) >= 11 is 7.50. The van der Waals surface area contributed by atoms with Crippen LogP contribution in [-0.4, -0.2) is 41.7 Å². The summed E-state index contributed by atoms with van der Waals surface area (Å²) in [6.45, 7) is 5.92. The number of methoxy groups -OCH3 is 1. The first kappa shape index (κ1) is 24.1. The number of hydrogen-bond acceptors (Lipinski definition) is 4. The van der Waals surface area contributed by atoms with E-state index >= 15 is 0 Å². The SMILES string of the molecule is COc1ccc(CSCC(=O)N(Cc2ccc(Cl)cc2)C(C)C(=O)NC(C)C)cc1. The predicted octanol–water partition coefficient (Wildman–Crippen LogP) is 4.52. The van der Waals surface area contributed by atoms with Crippen LogP contribution in [0.15, 0.2) is 48.5 Å². The highest BCUT2D eigenvalue weighted by Crippen LogP contribution is 2.19. The molecule has 162 valence electrons. The maximum Gasteiger partial charge on any atom is 0.242 e. The minimum Gasteiger partial charge on any atom is -0.497 e. The second-order valence-electron chi connectivity index (χ2n) is 7.33. The normalized spacial score (nSPS) is 11.8. The van der Waals surface area contributed by atoms with Crippen LogP contribution in [0.5, 0.6) is 5.75 Å². The van der Waals surface area contributed by atoms with Gasteiger partial charge in [0.1, 0.15) is 11.8 Å². The van der Waals surface area contributed by atoms with Crippen molar-refractivity contribution >= 4 is 35.2 Å². The van der Waals surface area contributed by atoms with E-state index in [-0.39, 0.29) is 17.9 Å². The van der Waals surface area contributed by atoms with Gasteiger partial charge in [-0.1, -0.05) is 35.9 Å². The van der Waals surface area contributed by atoms with Gasteiger partial charge in [-0.05, 0) is 56.2 Å². The van der Waals surface area contributed by atoms with Crippen molar-refractivity contribution in [3.05, 3.63) is 64.7 Å². The number of rotatable bonds is 10. The Bertz CT molecular complexity index is 825. The van der Waals surface area contributed by atoms with Gasteiger partial charge in [0.2, 0.25) is 11.8 Å². The van der Waals surface area contributed by atoms with Crippen LogP contribution in [0.4, 0.5) is 0 Å². The molecular formula is C23H29ClN2O3S. The second-order valence-corrected chi connectivity index (χ2v) is 8.75. The van der Waals surface area contributed by atoms with E-state index in [9.17, 15) is 9.59 Å². The van der Waals surface area contributed by atoms with Crippen molar-refractivity contribution < 1.29 is 14.3 Å². The zero-order chi connectivity index (χ0) is 22.1. The smallest absolute Gasteiger partial charge is 0.242 e. The number of benzene rings is 2. The van der Waals surface area contributed by atoms with Gasteiger partial charge in [0.25, 0.3) is 0 Å². The highest BCUT2D eigenvalue weighted by atomic mass is 35.5. The molecule has 0 aromatic heterocycles. The Hall–Kier alpha value is -2.18. The molecule has 1 atom stereocenters. The number of halogens is 1. The van der Waals surface area contributed by atoms with E-state index in [4.69, 9.17) is 16.3 Å². The van der Waals surface area contributed by atoms with Gasteiger partial charge >= 0.3 is 0 Å². The average molecular weight is 449 g/mol. The Kier molecular flexibility index (Phi) is 9.53. The number of hydrogen-bond donors (Lipinski definition) is 1. The maximum absolute atomic E-state index is 13.0. The van der Waals surface area contributed by atoms with E-state index in [1.54, 1.807) is 31.1 Å². The molecule has 0 saturated heterocycles. The quantitative estimate of drug-likeness (QED) is 0.580. The summed E-state index contributed by atoms with van der Waals surface area (Å²) in [5.74, 6) is 1.57. The average Bonchev–Trinajstić information content (AvgIpc) is 2.72. The van der Waals surface area contributed by atoms with Crippen molar-refractivity contribution in [3.8, 4) is 5.75 Å². The lowest BCUT2D eigenvalue weighted by atomic mass is 10.1. The van der Waals surface area contributed by atoms with Gasteiger partial charge in [-0.2, -0.15) is 0 Å². The van der Waals surface area contributed by atoms with Crippen molar-refractivity contribution in [1.29, 1.82) is 0 Å². The molecule has 0 saturated carbocycles. The lowest BCUT2D eigenvalue weighted by molar-refractivity contribution is -0.138. The zero-order valence-corrected chi connectivity index (χ0v) is 19.4. The van der Waals surface area contributed by atoms with Crippen LogP contribution in [0.25, 0.3) is 0 Å². The van der Waals surface area contributed by atoms with Gasteiger partial charge in [0.05, 0.1) is 12.9 Å². The molecule has 30 heavy (non-hydrogen) atoms. The largest absolute Gasteiger partial charge is 0.497 e. The third kappa shape index (κ3) is 7.58. The number of thioether (sulfide) groups is 1. The zero-order valence-electron chi connectivity index (χ0n) is 17.9. The number of amides is 2. The summed E-state index contributed by atoms with van der Waals surface area (Å²) < 4.78 is 5.17. The summed E-state index contributed by atoms with van der Waals surface area (Å²) in [6.07, 6.45) is 0. The monoisotopic (exact) mass is 448 g/mol. The third-order valence-electron chi connectivity index (χ3n) is 4.52. The predicted molar refractivity (Wildman–Crippen MR) is 124 cm³/mol. The van der Waals surface area contributed by atoms with Crippen LogP contribution >= 0.6 is 23.4 Å². The molecule has 0 heterocycles. The Balaban J connectivity index is 2.04. The molecule has 2 rings (SSSR count). The van der Waals surface area contributed by atoms with Gasteiger partial charge in [0, 0.05) is 23.4 Å². The molecule has 1 unspecified atom stereocenters. The van der Waals surface area contributed by atoms with Crippen LogP contribution in [0.2, 0.25) is 5.02 Å². The van der Waals surface area contributed by atoms with Gasteiger partial charge in [-0.3, -0.25) is 9.59 Å². The van der Waals surface area contributed by atoms with E-state index in [1.165, 1.54) is 11.8 Å². The van der Waals surface area contributed by atoms with Gasteiger partial charge in [0.15, 0.2) is 0 Å². The van der Waals surface area contributed by atoms with Crippen LogP contribution < -0.4 is 10.1 Å². The van der Waals surface area contributed by atoms with E-state index in [0.717, 1.165) is 16.9 Å². The summed E-state index contributed by atoms with van der Waals surface area (Å²) in [5, 5.41) is 3.53. The molecule has 0 fully saturated rings. The topological polar surface area (TPSA) is 58.6 Å². The van der Waals surface area contributed by atoms with Crippen LogP contribution in [0, 0.1) is 0 Å². The molecule has 0 aliphatic heterocycles. The van der Waals surface area contributed by atoms with Crippen molar-refractivity contribution in [2.75, 3.05) is 12.9 Å². The molecule has 7 heteroatoms. The summed E-state index contributed by atoms with van der Waals surface area (Å²) in [5.41, 5.74) is 2.04. The highest BCUT2D eigenvalue weighted by molar-refractivity contribution is 7.99. The minimum atomic E-state index is -0.572. The molecule has 5 nitrogen and oxygen atoms in total. The summed E-state index contributed by atoms with van der Waals surface area (Å²) in [7, 11) is 1.63. The van der Waals surface area contributed by atoms with E-state index in [1.807, 2.05) is 50.2 Å². The second kappa shape index (κ2) is 11.9. The third-order valence-corrected chi connectivity index (χ3v) is 5.76. The highest BCUT2D eigenvalue weighted by Gasteiger charge is 2.26. The standard InChI is InChI=1S/C23H29ClN2O3S/c1-16(2)25-23(28)17(3)26(13-18-5-9-20(24)10-6-18)22(27)15-30-14-19-7-11-21(29-4)12-8-19/h5-12,16-17H,13-15H2,1-4H3,(H,25,28).